The van der Waals surface area contributed by atoms with Gasteiger partial charge in [0.15, 0.2) is 5.96 Å². The van der Waals surface area contributed by atoms with Crippen molar-refractivity contribution in [3.8, 4) is 0 Å². The fourth-order valence-corrected chi connectivity index (χ4v) is 1.84. The molecule has 0 aliphatic carbocycles. The predicted octanol–water partition coefficient (Wildman–Crippen LogP) is 2.72. The summed E-state index contributed by atoms with van der Waals surface area (Å²) in [6.07, 6.45) is 1.48. The lowest BCUT2D eigenvalue weighted by Crippen LogP contribution is -2.40. The van der Waals surface area contributed by atoms with E-state index < -0.39 is 6.09 Å². The lowest BCUT2D eigenvalue weighted by Gasteiger charge is -2.19. The average Bonchev–Trinajstić information content (AvgIpc) is 2.35. The highest BCUT2D eigenvalue weighted by molar-refractivity contribution is 14.0. The Kier molecular flexibility index (Phi) is 14.9. The molecule has 0 saturated carbocycles. The first kappa shape index (κ1) is 23.5. The van der Waals surface area contributed by atoms with Gasteiger partial charge in [-0.2, -0.15) is 0 Å². The van der Waals surface area contributed by atoms with Gasteiger partial charge in [0.05, 0.1) is 19.2 Å². The van der Waals surface area contributed by atoms with E-state index in [4.69, 9.17) is 10.5 Å². The molecule has 6 nitrogen and oxygen atoms in total. The Hall–Kier alpha value is -0.730. The smallest absolute Gasteiger partial charge is 0.407 e. The summed E-state index contributed by atoms with van der Waals surface area (Å²) in [4.78, 5) is 15.8. The van der Waals surface area contributed by atoms with E-state index in [0.29, 0.717) is 30.9 Å². The molecule has 0 heterocycles. The summed E-state index contributed by atoms with van der Waals surface area (Å²) in [5.74, 6) is 1.52. The molecule has 0 spiro atoms. The summed E-state index contributed by atoms with van der Waals surface area (Å²) in [6, 6.07) is -0.0606. The van der Waals surface area contributed by atoms with Crippen molar-refractivity contribution in [3.05, 3.63) is 0 Å². The number of nitrogens with one attached hydrogen (secondary N) is 2. The van der Waals surface area contributed by atoms with Crippen LogP contribution in [0.2, 0.25) is 0 Å². The Morgan fingerprint density at radius 2 is 1.86 bits per heavy atom. The molecule has 0 radical (unpaired) electrons. The van der Waals surface area contributed by atoms with Gasteiger partial charge >= 0.3 is 6.09 Å². The molecular weight excluding hydrogens is 395 g/mol. The predicted molar refractivity (Wildman–Crippen MR) is 103 cm³/mol. The van der Waals surface area contributed by atoms with Gasteiger partial charge in [-0.25, -0.2) is 4.79 Å². The quantitative estimate of drug-likeness (QED) is 0.299. The van der Waals surface area contributed by atoms with E-state index in [0.717, 1.165) is 19.4 Å². The van der Waals surface area contributed by atoms with E-state index in [1.165, 1.54) is 0 Å². The summed E-state index contributed by atoms with van der Waals surface area (Å²) < 4.78 is 4.91. The third kappa shape index (κ3) is 14.2. The highest BCUT2D eigenvalue weighted by atomic mass is 127. The minimum atomic E-state index is -0.398. The molecule has 7 heteroatoms. The molecule has 0 aromatic rings. The van der Waals surface area contributed by atoms with E-state index >= 15 is 0 Å². The van der Waals surface area contributed by atoms with Gasteiger partial charge in [0.1, 0.15) is 0 Å². The summed E-state index contributed by atoms with van der Waals surface area (Å²) >= 11 is 0. The van der Waals surface area contributed by atoms with Gasteiger partial charge in [0.25, 0.3) is 0 Å². The van der Waals surface area contributed by atoms with E-state index in [2.05, 4.69) is 43.3 Å². The molecule has 4 N–H and O–H groups in total. The monoisotopic (exact) mass is 428 g/mol. The molecule has 0 bridgehead atoms. The van der Waals surface area contributed by atoms with Crippen LogP contribution in [0.4, 0.5) is 4.79 Å². The van der Waals surface area contributed by atoms with Gasteiger partial charge in [-0.3, -0.25) is 4.99 Å². The summed E-state index contributed by atoms with van der Waals surface area (Å²) in [5, 5.41) is 5.91. The van der Waals surface area contributed by atoms with Crippen LogP contribution in [0, 0.1) is 11.8 Å². The van der Waals surface area contributed by atoms with E-state index in [1.807, 2.05) is 0 Å². The first-order valence-electron chi connectivity index (χ1n) is 7.82. The number of aliphatic imine (C=N–C) groups is 1. The van der Waals surface area contributed by atoms with Gasteiger partial charge in [0.2, 0.25) is 0 Å². The number of carbonyl (C=O) groups excluding carboxylic acids is 1. The number of guanidine groups is 1. The third-order valence-corrected chi connectivity index (χ3v) is 2.86. The number of nitrogens with zero attached hydrogens (tertiary/aromatic N) is 1. The molecule has 0 aliphatic heterocycles. The topological polar surface area (TPSA) is 88.7 Å². The second-order valence-electron chi connectivity index (χ2n) is 6.03. The number of amides is 1. The third-order valence-electron chi connectivity index (χ3n) is 2.86. The van der Waals surface area contributed by atoms with Crippen LogP contribution in [0.3, 0.4) is 0 Å². The molecule has 1 unspecified atom stereocenters. The maximum atomic E-state index is 11.5. The van der Waals surface area contributed by atoms with Gasteiger partial charge in [-0.15, -0.1) is 24.0 Å². The van der Waals surface area contributed by atoms with Gasteiger partial charge in [-0.1, -0.05) is 27.7 Å². The number of hydrogen-bond donors (Lipinski definition) is 3. The van der Waals surface area contributed by atoms with E-state index in [-0.39, 0.29) is 30.0 Å². The SMILES string of the molecule is CCOC(=O)NC(CN=C(N)NCCC(C)C)CC(C)C.I. The lowest BCUT2D eigenvalue weighted by atomic mass is 10.0. The van der Waals surface area contributed by atoms with Crippen LogP contribution in [0.1, 0.15) is 47.5 Å². The molecule has 0 fully saturated rings. The zero-order valence-corrected chi connectivity index (χ0v) is 16.8. The molecule has 0 aromatic heterocycles. The molecule has 0 aromatic carbocycles. The van der Waals surface area contributed by atoms with Crippen LogP contribution in [-0.2, 0) is 4.74 Å². The van der Waals surface area contributed by atoms with Crippen molar-refractivity contribution in [3.63, 3.8) is 0 Å². The van der Waals surface area contributed by atoms with Gasteiger partial charge < -0.3 is 21.1 Å². The Balaban J connectivity index is 0. The van der Waals surface area contributed by atoms with Crippen molar-refractivity contribution in [2.24, 2.45) is 22.6 Å². The van der Waals surface area contributed by atoms with Crippen LogP contribution in [0.15, 0.2) is 4.99 Å². The molecule has 0 rings (SSSR count). The summed E-state index contributed by atoms with van der Waals surface area (Å²) in [5.41, 5.74) is 5.82. The minimum absolute atomic E-state index is 0. The molecule has 1 atom stereocenters. The Labute approximate surface area is 152 Å². The highest BCUT2D eigenvalue weighted by Gasteiger charge is 2.14. The van der Waals surface area contributed by atoms with Crippen molar-refractivity contribution in [1.29, 1.82) is 0 Å². The van der Waals surface area contributed by atoms with Crippen molar-refractivity contribution in [2.75, 3.05) is 19.7 Å². The van der Waals surface area contributed by atoms with Crippen molar-refractivity contribution in [1.82, 2.24) is 10.6 Å². The number of halogens is 1. The second-order valence-corrected chi connectivity index (χ2v) is 6.03. The van der Waals surface area contributed by atoms with Crippen LogP contribution in [0.5, 0.6) is 0 Å². The van der Waals surface area contributed by atoms with Crippen molar-refractivity contribution >= 4 is 36.0 Å². The molecule has 22 heavy (non-hydrogen) atoms. The Morgan fingerprint density at radius 3 is 2.36 bits per heavy atom. The summed E-state index contributed by atoms with van der Waals surface area (Å²) in [6.45, 7) is 12.0. The van der Waals surface area contributed by atoms with Crippen LogP contribution in [0.25, 0.3) is 0 Å². The van der Waals surface area contributed by atoms with Gasteiger partial charge in [-0.05, 0) is 31.6 Å². The number of hydrogen-bond acceptors (Lipinski definition) is 3. The van der Waals surface area contributed by atoms with Gasteiger partial charge in [0, 0.05) is 6.54 Å². The molecule has 0 aliphatic rings. The fraction of sp³-hybridized carbons (Fsp3) is 0.867. The van der Waals surface area contributed by atoms with Crippen molar-refractivity contribution in [2.45, 2.75) is 53.5 Å². The van der Waals surface area contributed by atoms with Crippen LogP contribution in [-0.4, -0.2) is 37.8 Å². The first-order chi connectivity index (χ1) is 9.85. The standard InChI is InChI=1S/C15H32N4O2.HI/c1-6-21-15(20)19-13(9-12(4)5)10-18-14(16)17-8-7-11(2)3;/h11-13H,6-10H2,1-5H3,(H,19,20)(H3,16,17,18);1H. The number of ether oxygens (including phenoxy) is 1. The Bertz CT molecular complexity index is 323. The molecular formula is C15H33IN4O2. The Morgan fingerprint density at radius 1 is 1.23 bits per heavy atom. The molecule has 1 amide bonds. The first-order valence-corrected chi connectivity index (χ1v) is 7.82. The number of carbonyl (C=O) groups is 1. The number of alkyl carbamates (subject to hydrolysis) is 1. The number of rotatable bonds is 9. The summed E-state index contributed by atoms with van der Waals surface area (Å²) in [7, 11) is 0. The lowest BCUT2D eigenvalue weighted by molar-refractivity contribution is 0.147. The fourth-order valence-electron chi connectivity index (χ4n) is 1.84. The van der Waals surface area contributed by atoms with Crippen LogP contribution >= 0.6 is 24.0 Å². The van der Waals surface area contributed by atoms with Crippen LogP contribution < -0.4 is 16.4 Å². The minimum Gasteiger partial charge on any atom is -0.450 e. The van der Waals surface area contributed by atoms with E-state index in [1.54, 1.807) is 6.92 Å². The number of nitrogens with two attached hydrogens (primary N) is 1. The molecule has 132 valence electrons. The highest BCUT2D eigenvalue weighted by Crippen LogP contribution is 2.05. The van der Waals surface area contributed by atoms with Crippen molar-refractivity contribution < 1.29 is 9.53 Å². The zero-order valence-electron chi connectivity index (χ0n) is 14.5. The second kappa shape index (κ2) is 13.9. The average molecular weight is 428 g/mol. The maximum absolute atomic E-state index is 11.5. The normalized spacial score (nSPS) is 12.8. The van der Waals surface area contributed by atoms with E-state index in [9.17, 15) is 4.79 Å². The largest absolute Gasteiger partial charge is 0.450 e. The zero-order chi connectivity index (χ0) is 16.3. The maximum Gasteiger partial charge on any atom is 0.407 e. The molecule has 0 saturated heterocycles.